The van der Waals surface area contributed by atoms with E-state index in [-0.39, 0.29) is 16.0 Å². The Morgan fingerprint density at radius 2 is 2.18 bits per heavy atom. The molecule has 0 aliphatic rings. The summed E-state index contributed by atoms with van der Waals surface area (Å²) in [6.45, 7) is 0. The maximum absolute atomic E-state index is 11.7. The number of carbonyl (C=O) groups is 1. The summed E-state index contributed by atoms with van der Waals surface area (Å²) in [7, 11) is 0. The van der Waals surface area contributed by atoms with E-state index in [1.54, 1.807) is 0 Å². The minimum atomic E-state index is -0.418. The molecule has 0 aliphatic heterocycles. The van der Waals surface area contributed by atoms with Gasteiger partial charge in [0, 0.05) is 11.9 Å². The fourth-order valence-electron chi connectivity index (χ4n) is 1.15. The summed E-state index contributed by atoms with van der Waals surface area (Å²) in [6, 6.07) is 1.49. The summed E-state index contributed by atoms with van der Waals surface area (Å²) in [4.78, 5) is 21.9. The van der Waals surface area contributed by atoms with Crippen molar-refractivity contribution in [3.63, 3.8) is 0 Å². The Hall–Kier alpha value is -1.79. The minimum Gasteiger partial charge on any atom is -0.397 e. The fraction of sp³-hybridized carbons (Fsp3) is 0. The van der Waals surface area contributed by atoms with Crippen molar-refractivity contribution in [1.29, 1.82) is 0 Å². The molecular formula is C9H7Cl2N5O. The van der Waals surface area contributed by atoms with Gasteiger partial charge in [-0.3, -0.25) is 4.79 Å². The van der Waals surface area contributed by atoms with Crippen LogP contribution >= 0.6 is 23.2 Å². The van der Waals surface area contributed by atoms with Gasteiger partial charge in [0.25, 0.3) is 5.91 Å². The highest BCUT2D eigenvalue weighted by molar-refractivity contribution is 6.43. The Kier molecular flexibility index (Phi) is 3.16. The number of carbonyl (C=O) groups excluding carboxylic acids is 1. The molecule has 8 heteroatoms. The van der Waals surface area contributed by atoms with Crippen LogP contribution in [0.25, 0.3) is 0 Å². The molecule has 0 spiro atoms. The van der Waals surface area contributed by atoms with Gasteiger partial charge < -0.3 is 16.0 Å². The summed E-state index contributed by atoms with van der Waals surface area (Å²) in [5.41, 5.74) is 6.24. The number of nitrogens with one attached hydrogen (secondary N) is 2. The first kappa shape index (κ1) is 11.7. The summed E-state index contributed by atoms with van der Waals surface area (Å²) >= 11 is 11.5. The Bertz CT molecular complexity index is 568. The average molecular weight is 272 g/mol. The van der Waals surface area contributed by atoms with Crippen molar-refractivity contribution in [2.24, 2.45) is 0 Å². The van der Waals surface area contributed by atoms with Crippen LogP contribution in [0.2, 0.25) is 10.2 Å². The molecule has 0 aromatic carbocycles. The third-order valence-electron chi connectivity index (χ3n) is 1.93. The van der Waals surface area contributed by atoms with Crippen molar-refractivity contribution in [2.45, 2.75) is 0 Å². The smallest absolute Gasteiger partial charge is 0.273 e. The number of H-pyrrole nitrogens is 1. The number of aromatic amines is 1. The molecule has 0 unspecified atom stereocenters. The first-order valence-electron chi connectivity index (χ1n) is 4.49. The molecular weight excluding hydrogens is 265 g/mol. The highest BCUT2D eigenvalue weighted by Crippen LogP contribution is 2.25. The average Bonchev–Trinajstić information content (AvgIpc) is 2.72. The molecule has 2 rings (SSSR count). The molecule has 0 fully saturated rings. The van der Waals surface area contributed by atoms with Gasteiger partial charge in [-0.2, -0.15) is 0 Å². The SMILES string of the molecule is Nc1c[nH]c(C(=O)Nc2ncnc(Cl)c2Cl)c1. The Morgan fingerprint density at radius 1 is 1.41 bits per heavy atom. The Balaban J connectivity index is 2.21. The van der Waals surface area contributed by atoms with E-state index in [0.29, 0.717) is 11.4 Å². The summed E-state index contributed by atoms with van der Waals surface area (Å²) < 4.78 is 0. The third-order valence-corrected chi connectivity index (χ3v) is 2.67. The molecule has 2 aromatic rings. The van der Waals surface area contributed by atoms with Gasteiger partial charge in [-0.25, -0.2) is 9.97 Å². The van der Waals surface area contributed by atoms with E-state index in [1.165, 1.54) is 18.6 Å². The fourth-order valence-corrected chi connectivity index (χ4v) is 1.43. The number of halogens is 2. The predicted molar refractivity (Wildman–Crippen MR) is 65.2 cm³/mol. The van der Waals surface area contributed by atoms with Gasteiger partial charge in [-0.15, -0.1) is 0 Å². The molecule has 0 radical (unpaired) electrons. The molecule has 6 nitrogen and oxygen atoms in total. The largest absolute Gasteiger partial charge is 0.397 e. The van der Waals surface area contributed by atoms with E-state index in [9.17, 15) is 4.79 Å². The lowest BCUT2D eigenvalue weighted by atomic mass is 10.4. The maximum atomic E-state index is 11.7. The van der Waals surface area contributed by atoms with Crippen LogP contribution in [-0.2, 0) is 0 Å². The number of nitrogen functional groups attached to an aromatic ring is 1. The zero-order valence-corrected chi connectivity index (χ0v) is 9.88. The molecule has 17 heavy (non-hydrogen) atoms. The van der Waals surface area contributed by atoms with Crippen LogP contribution in [-0.4, -0.2) is 20.9 Å². The number of amides is 1. The number of nitrogens with two attached hydrogens (primary N) is 1. The normalized spacial score (nSPS) is 10.2. The van der Waals surface area contributed by atoms with Crippen molar-refractivity contribution in [1.82, 2.24) is 15.0 Å². The molecule has 0 aliphatic carbocycles. The number of anilines is 2. The van der Waals surface area contributed by atoms with E-state index in [4.69, 9.17) is 28.9 Å². The number of aromatic nitrogens is 3. The van der Waals surface area contributed by atoms with Gasteiger partial charge in [0.15, 0.2) is 11.0 Å². The lowest BCUT2D eigenvalue weighted by Crippen LogP contribution is -2.13. The van der Waals surface area contributed by atoms with Crippen LogP contribution in [0.15, 0.2) is 18.6 Å². The van der Waals surface area contributed by atoms with Crippen LogP contribution in [0.4, 0.5) is 11.5 Å². The third kappa shape index (κ3) is 2.48. The molecule has 2 heterocycles. The first-order chi connectivity index (χ1) is 8.08. The molecule has 2 aromatic heterocycles. The van der Waals surface area contributed by atoms with Crippen LogP contribution in [0.5, 0.6) is 0 Å². The van der Waals surface area contributed by atoms with Crippen molar-refractivity contribution in [3.8, 4) is 0 Å². The molecule has 0 saturated heterocycles. The zero-order valence-electron chi connectivity index (χ0n) is 8.37. The quantitative estimate of drug-likeness (QED) is 0.728. The van der Waals surface area contributed by atoms with Crippen molar-refractivity contribution in [2.75, 3.05) is 11.1 Å². The topological polar surface area (TPSA) is 96.7 Å². The molecule has 1 amide bonds. The number of rotatable bonds is 2. The number of hydrogen-bond acceptors (Lipinski definition) is 4. The molecule has 0 saturated carbocycles. The van der Waals surface area contributed by atoms with Crippen molar-refractivity contribution >= 4 is 40.6 Å². The second kappa shape index (κ2) is 4.60. The summed E-state index contributed by atoms with van der Waals surface area (Å²) in [6.07, 6.45) is 2.70. The minimum absolute atomic E-state index is 0.0722. The molecule has 0 bridgehead atoms. The van der Waals surface area contributed by atoms with Gasteiger partial charge in [0.1, 0.15) is 17.0 Å². The Morgan fingerprint density at radius 3 is 2.82 bits per heavy atom. The van der Waals surface area contributed by atoms with Crippen LogP contribution in [0.1, 0.15) is 10.5 Å². The Labute approximate surface area is 106 Å². The van der Waals surface area contributed by atoms with Gasteiger partial charge >= 0.3 is 0 Å². The number of nitrogens with zero attached hydrogens (tertiary/aromatic N) is 2. The lowest BCUT2D eigenvalue weighted by molar-refractivity contribution is 0.102. The van der Waals surface area contributed by atoms with Crippen LogP contribution < -0.4 is 11.1 Å². The molecule has 0 atom stereocenters. The van der Waals surface area contributed by atoms with Crippen molar-refractivity contribution < 1.29 is 4.79 Å². The van der Waals surface area contributed by atoms with Gasteiger partial charge in [0.05, 0.1) is 0 Å². The highest BCUT2D eigenvalue weighted by Gasteiger charge is 2.13. The second-order valence-corrected chi connectivity index (χ2v) is 3.86. The van der Waals surface area contributed by atoms with E-state index >= 15 is 0 Å². The predicted octanol–water partition coefficient (Wildman–Crippen LogP) is 1.95. The second-order valence-electron chi connectivity index (χ2n) is 3.13. The van der Waals surface area contributed by atoms with Crippen molar-refractivity contribution in [3.05, 3.63) is 34.5 Å². The summed E-state index contributed by atoms with van der Waals surface area (Å²) in [5, 5.41) is 2.64. The van der Waals surface area contributed by atoms with E-state index in [2.05, 4.69) is 20.3 Å². The lowest BCUT2D eigenvalue weighted by Gasteiger charge is -2.04. The summed E-state index contributed by atoms with van der Waals surface area (Å²) in [5.74, 6) is -0.275. The highest BCUT2D eigenvalue weighted by atomic mass is 35.5. The first-order valence-corrected chi connectivity index (χ1v) is 5.25. The van der Waals surface area contributed by atoms with Gasteiger partial charge in [0.2, 0.25) is 0 Å². The number of hydrogen-bond donors (Lipinski definition) is 3. The van der Waals surface area contributed by atoms with Crippen LogP contribution in [0.3, 0.4) is 0 Å². The standard InChI is InChI=1S/C9H7Cl2N5O/c10-6-7(11)14-3-15-8(6)16-9(17)5-1-4(12)2-13-5/h1-3,13H,12H2,(H,14,15,16,17). The van der Waals surface area contributed by atoms with E-state index < -0.39 is 5.91 Å². The van der Waals surface area contributed by atoms with Gasteiger partial charge in [-0.05, 0) is 6.07 Å². The van der Waals surface area contributed by atoms with Gasteiger partial charge in [-0.1, -0.05) is 23.2 Å². The van der Waals surface area contributed by atoms with E-state index in [0.717, 1.165) is 0 Å². The maximum Gasteiger partial charge on any atom is 0.273 e. The molecule has 4 N–H and O–H groups in total. The zero-order chi connectivity index (χ0) is 12.4. The van der Waals surface area contributed by atoms with Crippen LogP contribution in [0, 0.1) is 0 Å². The van der Waals surface area contributed by atoms with E-state index in [1.807, 2.05) is 0 Å². The monoisotopic (exact) mass is 271 g/mol. The molecule has 88 valence electrons.